The normalized spacial score (nSPS) is 13.4. The highest BCUT2D eigenvalue weighted by molar-refractivity contribution is 7.13. The molecular weight excluding hydrogens is 387 g/mol. The van der Waals surface area contributed by atoms with Crippen LogP contribution < -0.4 is 10.1 Å². The van der Waals surface area contributed by atoms with Gasteiger partial charge in [0.05, 0.1) is 0 Å². The van der Waals surface area contributed by atoms with E-state index in [-0.39, 0.29) is 11.9 Å². The topological polar surface area (TPSA) is 51.2 Å². The fraction of sp³-hybridized carbons (Fsp3) is 0.200. The Bertz CT molecular complexity index is 970. The number of nitrogens with one attached hydrogen (secondary N) is 1. The fourth-order valence-electron chi connectivity index (χ4n) is 2.50. The van der Waals surface area contributed by atoms with E-state index in [0.717, 1.165) is 18.4 Å². The summed E-state index contributed by atoms with van der Waals surface area (Å²) >= 11 is 7.10. The van der Waals surface area contributed by atoms with E-state index < -0.39 is 5.82 Å². The Labute approximate surface area is 165 Å². The summed E-state index contributed by atoms with van der Waals surface area (Å²) in [4.78, 5) is 16.3. The van der Waals surface area contributed by atoms with Gasteiger partial charge in [0, 0.05) is 28.1 Å². The van der Waals surface area contributed by atoms with Gasteiger partial charge in [-0.05, 0) is 42.7 Å². The van der Waals surface area contributed by atoms with Crippen molar-refractivity contribution in [1.29, 1.82) is 0 Å². The number of carbonyl (C=O) groups excluding carboxylic acids is 1. The first-order valence-corrected chi connectivity index (χ1v) is 9.78. The second kappa shape index (κ2) is 7.66. The van der Waals surface area contributed by atoms with Crippen molar-refractivity contribution in [3.8, 4) is 16.3 Å². The first-order chi connectivity index (χ1) is 13.1. The summed E-state index contributed by atoms with van der Waals surface area (Å²) < 4.78 is 20.1. The predicted molar refractivity (Wildman–Crippen MR) is 104 cm³/mol. The molecule has 0 saturated heterocycles. The third kappa shape index (κ3) is 4.46. The second-order valence-electron chi connectivity index (χ2n) is 6.34. The largest absolute Gasteiger partial charge is 0.489 e. The number of aromatic nitrogens is 1. The average Bonchev–Trinajstić information content (AvgIpc) is 3.33. The number of nitrogens with zero attached hydrogens (tertiary/aromatic N) is 1. The number of ether oxygens (including phenoxy) is 1. The van der Waals surface area contributed by atoms with Gasteiger partial charge < -0.3 is 10.1 Å². The molecule has 7 heteroatoms. The standard InChI is InChI=1S/C20H16ClFN2O2S/c21-13-3-1-12(2-4-13)10-26-15-7-8-16(17(22)9-15)20-24-18(11-27-20)19(25)23-14-5-6-14/h1-4,7-9,11,14H,5-6,10H2,(H,23,25). The summed E-state index contributed by atoms with van der Waals surface area (Å²) in [6, 6.07) is 12.2. The van der Waals surface area contributed by atoms with Crippen LogP contribution in [0.2, 0.25) is 5.02 Å². The third-order valence-electron chi connectivity index (χ3n) is 4.14. The van der Waals surface area contributed by atoms with Crippen LogP contribution in [0.15, 0.2) is 47.8 Å². The molecule has 0 radical (unpaired) electrons. The van der Waals surface area contributed by atoms with Gasteiger partial charge in [-0.2, -0.15) is 0 Å². The van der Waals surface area contributed by atoms with Crippen LogP contribution >= 0.6 is 22.9 Å². The van der Waals surface area contributed by atoms with Crippen LogP contribution in [0, 0.1) is 5.82 Å². The van der Waals surface area contributed by atoms with Crippen molar-refractivity contribution in [2.24, 2.45) is 0 Å². The van der Waals surface area contributed by atoms with Crippen LogP contribution in [0.3, 0.4) is 0 Å². The zero-order valence-corrected chi connectivity index (χ0v) is 15.8. The molecule has 4 nitrogen and oxygen atoms in total. The molecule has 1 aliphatic carbocycles. The minimum atomic E-state index is -0.438. The maximum absolute atomic E-state index is 14.5. The van der Waals surface area contributed by atoms with Gasteiger partial charge in [-0.25, -0.2) is 9.37 Å². The fourth-order valence-corrected chi connectivity index (χ4v) is 3.45. The Morgan fingerprint density at radius 3 is 2.74 bits per heavy atom. The van der Waals surface area contributed by atoms with Gasteiger partial charge in [-0.1, -0.05) is 23.7 Å². The third-order valence-corrected chi connectivity index (χ3v) is 5.27. The smallest absolute Gasteiger partial charge is 0.270 e. The van der Waals surface area contributed by atoms with Crippen LogP contribution in [0.4, 0.5) is 4.39 Å². The van der Waals surface area contributed by atoms with Crippen LogP contribution in [0.25, 0.3) is 10.6 Å². The molecule has 0 unspecified atom stereocenters. The molecule has 1 fully saturated rings. The van der Waals surface area contributed by atoms with Crippen molar-refractivity contribution in [2.75, 3.05) is 0 Å². The number of halogens is 2. The number of carbonyl (C=O) groups is 1. The van der Waals surface area contributed by atoms with Crippen LogP contribution in [0.5, 0.6) is 5.75 Å². The van der Waals surface area contributed by atoms with Gasteiger partial charge in [-0.15, -0.1) is 11.3 Å². The SMILES string of the molecule is O=C(NC1CC1)c1csc(-c2ccc(OCc3ccc(Cl)cc3)cc2F)n1. The maximum atomic E-state index is 14.5. The van der Waals surface area contributed by atoms with Crippen molar-refractivity contribution in [2.45, 2.75) is 25.5 Å². The minimum Gasteiger partial charge on any atom is -0.489 e. The Morgan fingerprint density at radius 1 is 1.26 bits per heavy atom. The molecule has 0 bridgehead atoms. The molecule has 27 heavy (non-hydrogen) atoms. The summed E-state index contributed by atoms with van der Waals surface area (Å²) in [6.07, 6.45) is 2.02. The lowest BCUT2D eigenvalue weighted by Gasteiger charge is -2.08. The van der Waals surface area contributed by atoms with E-state index in [1.54, 1.807) is 29.6 Å². The second-order valence-corrected chi connectivity index (χ2v) is 7.64. The minimum absolute atomic E-state index is 0.205. The van der Waals surface area contributed by atoms with Gasteiger partial charge >= 0.3 is 0 Å². The van der Waals surface area contributed by atoms with Crippen LogP contribution in [-0.2, 0) is 6.61 Å². The number of hydrogen-bond acceptors (Lipinski definition) is 4. The number of rotatable bonds is 6. The van der Waals surface area contributed by atoms with Gasteiger partial charge in [0.25, 0.3) is 5.91 Å². The van der Waals surface area contributed by atoms with E-state index in [2.05, 4.69) is 10.3 Å². The zero-order valence-electron chi connectivity index (χ0n) is 14.2. The molecule has 1 heterocycles. The zero-order chi connectivity index (χ0) is 18.8. The molecule has 1 saturated carbocycles. The van der Waals surface area contributed by atoms with Gasteiger partial charge in [-0.3, -0.25) is 4.79 Å². The summed E-state index contributed by atoms with van der Waals surface area (Å²) in [5.41, 5.74) is 1.61. The molecule has 4 rings (SSSR count). The van der Waals surface area contributed by atoms with Gasteiger partial charge in [0.2, 0.25) is 0 Å². The van der Waals surface area contributed by atoms with Crippen molar-refractivity contribution >= 4 is 28.8 Å². The number of benzene rings is 2. The Kier molecular flexibility index (Phi) is 5.09. The molecular formula is C20H16ClFN2O2S. The molecule has 3 aromatic rings. The quantitative estimate of drug-likeness (QED) is 0.626. The van der Waals surface area contributed by atoms with Crippen molar-refractivity contribution in [3.63, 3.8) is 0 Å². The summed E-state index contributed by atoms with van der Waals surface area (Å²) in [6.45, 7) is 0.318. The molecule has 1 aliphatic rings. The van der Waals surface area contributed by atoms with E-state index in [4.69, 9.17) is 16.3 Å². The maximum Gasteiger partial charge on any atom is 0.270 e. The molecule has 0 atom stereocenters. The lowest BCUT2D eigenvalue weighted by atomic mass is 10.2. The monoisotopic (exact) mass is 402 g/mol. The van der Waals surface area contributed by atoms with Crippen molar-refractivity contribution < 1.29 is 13.9 Å². The predicted octanol–water partition coefficient (Wildman–Crippen LogP) is 5.07. The molecule has 2 aromatic carbocycles. The van der Waals surface area contributed by atoms with Crippen molar-refractivity contribution in [3.05, 3.63) is 69.9 Å². The molecule has 0 spiro atoms. The molecule has 1 aromatic heterocycles. The van der Waals surface area contributed by atoms with E-state index in [1.165, 1.54) is 17.4 Å². The average molecular weight is 403 g/mol. The highest BCUT2D eigenvalue weighted by atomic mass is 35.5. The molecule has 0 aliphatic heterocycles. The highest BCUT2D eigenvalue weighted by Crippen LogP contribution is 2.29. The lowest BCUT2D eigenvalue weighted by molar-refractivity contribution is 0.0947. The Balaban J connectivity index is 1.44. The first kappa shape index (κ1) is 17.9. The van der Waals surface area contributed by atoms with Crippen LogP contribution in [-0.4, -0.2) is 16.9 Å². The number of thiazole rings is 1. The molecule has 1 N–H and O–H groups in total. The summed E-state index contributed by atoms with van der Waals surface area (Å²) in [5.74, 6) is -0.218. The first-order valence-electron chi connectivity index (χ1n) is 8.52. The lowest BCUT2D eigenvalue weighted by Crippen LogP contribution is -2.25. The number of hydrogen-bond donors (Lipinski definition) is 1. The Hall–Kier alpha value is -2.44. The summed E-state index contributed by atoms with van der Waals surface area (Å²) in [7, 11) is 0. The van der Waals surface area contributed by atoms with Crippen LogP contribution in [0.1, 0.15) is 28.9 Å². The summed E-state index contributed by atoms with van der Waals surface area (Å²) in [5, 5.41) is 5.65. The van der Waals surface area contributed by atoms with E-state index in [0.29, 0.717) is 33.6 Å². The van der Waals surface area contributed by atoms with E-state index in [1.807, 2.05) is 12.1 Å². The van der Waals surface area contributed by atoms with Crippen molar-refractivity contribution in [1.82, 2.24) is 10.3 Å². The van der Waals surface area contributed by atoms with E-state index >= 15 is 0 Å². The van der Waals surface area contributed by atoms with Gasteiger partial charge in [0.15, 0.2) is 0 Å². The molecule has 138 valence electrons. The van der Waals surface area contributed by atoms with E-state index in [9.17, 15) is 9.18 Å². The highest BCUT2D eigenvalue weighted by Gasteiger charge is 2.25. The molecule has 1 amide bonds. The number of amides is 1. The van der Waals surface area contributed by atoms with Gasteiger partial charge in [0.1, 0.15) is 28.9 Å². The Morgan fingerprint density at radius 2 is 2.04 bits per heavy atom.